The number of carbonyl (C=O) groups excluding carboxylic acids is 4. The number of nitrogens with zero attached hydrogens (tertiary/aromatic N) is 2. The molecule has 0 aromatic heterocycles. The first-order valence-corrected chi connectivity index (χ1v) is 15.8. The molecule has 16 heteroatoms. The van der Waals surface area contributed by atoms with Crippen molar-refractivity contribution < 1.29 is 19.2 Å². The van der Waals surface area contributed by atoms with Crippen LogP contribution in [0, 0.1) is 11.8 Å². The van der Waals surface area contributed by atoms with Crippen molar-refractivity contribution in [2.24, 2.45) is 11.8 Å². The summed E-state index contributed by atoms with van der Waals surface area (Å²) in [6.07, 6.45) is -0.185. The Morgan fingerprint density at radius 3 is 1.76 bits per heavy atom. The summed E-state index contributed by atoms with van der Waals surface area (Å²) < 4.78 is -2.20. The standard InChI is InChI=1S/C26H14Cl10N2O4/c27-8-7-15(18(39)10-1-4-12(28)5-2-10)37(21(40)11-3-6-13(29)14(30)9-11)38-22(41)16-17(23(38)42)25(34)20(32)19(31)24(16,33)26(25,35)36/h1-6,9,15-17H,7-8H2/t15-,16-,17-,24+,25+/m0/s1. The lowest BCUT2D eigenvalue weighted by molar-refractivity contribution is -0.157. The molecule has 2 bridgehead atoms. The fourth-order valence-electron chi connectivity index (χ4n) is 5.60. The van der Waals surface area contributed by atoms with Crippen molar-refractivity contribution in [3.05, 3.63) is 78.7 Å². The second-order valence-corrected chi connectivity index (χ2v) is 14.6. The monoisotopic (exact) mass is 768 g/mol. The molecule has 0 radical (unpaired) electrons. The van der Waals surface area contributed by atoms with Crippen molar-refractivity contribution in [1.82, 2.24) is 10.0 Å². The largest absolute Gasteiger partial charge is 0.292 e. The van der Waals surface area contributed by atoms with Crippen LogP contribution in [0.25, 0.3) is 0 Å². The zero-order valence-corrected chi connectivity index (χ0v) is 28.1. The Hall–Kier alpha value is -0.640. The third kappa shape index (κ3) is 4.35. The maximum atomic E-state index is 14.2. The summed E-state index contributed by atoms with van der Waals surface area (Å²) in [5, 5.41) is 1.10. The molecule has 5 atom stereocenters. The number of alkyl halides is 5. The van der Waals surface area contributed by atoms with Crippen LogP contribution in [-0.4, -0.2) is 59.5 Å². The molecule has 0 spiro atoms. The molecule has 6 nitrogen and oxygen atoms in total. The van der Waals surface area contributed by atoms with E-state index in [0.29, 0.717) is 15.0 Å². The number of hydrogen-bond acceptors (Lipinski definition) is 4. The lowest BCUT2D eigenvalue weighted by Gasteiger charge is -2.39. The average molecular weight is 773 g/mol. The summed E-state index contributed by atoms with van der Waals surface area (Å²) in [6, 6.07) is 8.19. The number of ketones is 1. The van der Waals surface area contributed by atoms with Crippen molar-refractivity contribution in [1.29, 1.82) is 0 Å². The van der Waals surface area contributed by atoms with Gasteiger partial charge >= 0.3 is 0 Å². The smallest absolute Gasteiger partial charge is 0.273 e. The molecule has 3 amide bonds. The topological polar surface area (TPSA) is 74.8 Å². The summed E-state index contributed by atoms with van der Waals surface area (Å²) >= 11 is 64.0. The van der Waals surface area contributed by atoms with Crippen LogP contribution >= 0.6 is 116 Å². The Bertz CT molecular complexity index is 1540. The number of halogens is 10. The van der Waals surface area contributed by atoms with Crippen LogP contribution in [0.4, 0.5) is 0 Å². The first kappa shape index (κ1) is 32.7. The number of fused-ring (bicyclic) bond motifs is 5. The van der Waals surface area contributed by atoms with Crippen molar-refractivity contribution in [3.8, 4) is 0 Å². The summed E-state index contributed by atoms with van der Waals surface area (Å²) in [5.74, 6) is -6.94. The minimum Gasteiger partial charge on any atom is -0.292 e. The van der Waals surface area contributed by atoms with Crippen molar-refractivity contribution in [3.63, 3.8) is 0 Å². The number of hydrazine groups is 1. The van der Waals surface area contributed by atoms with Gasteiger partial charge in [-0.2, -0.15) is 5.01 Å². The molecule has 1 saturated heterocycles. The molecule has 1 saturated carbocycles. The Morgan fingerprint density at radius 2 is 1.29 bits per heavy atom. The highest BCUT2D eigenvalue weighted by atomic mass is 35.5. The Balaban J connectivity index is 1.68. The molecule has 0 N–H and O–H groups in total. The predicted molar refractivity (Wildman–Crippen MR) is 167 cm³/mol. The second kappa shape index (κ2) is 11.3. The van der Waals surface area contributed by atoms with Gasteiger partial charge in [0.1, 0.15) is 15.8 Å². The van der Waals surface area contributed by atoms with Crippen molar-refractivity contribution in [2.45, 2.75) is 26.5 Å². The number of hydrogen-bond donors (Lipinski definition) is 0. The van der Waals surface area contributed by atoms with Gasteiger partial charge in [0.2, 0.25) is 0 Å². The van der Waals surface area contributed by atoms with Crippen molar-refractivity contribution >= 4 is 140 Å². The summed E-state index contributed by atoms with van der Waals surface area (Å²) in [4.78, 5) is 52.2. The van der Waals surface area contributed by atoms with E-state index in [1.54, 1.807) is 0 Å². The number of benzene rings is 2. The second-order valence-electron chi connectivity index (χ2n) is 9.71. The van der Waals surface area contributed by atoms with E-state index in [0.717, 1.165) is 0 Å². The zero-order chi connectivity index (χ0) is 31.1. The number of carbonyl (C=O) groups is 4. The van der Waals surface area contributed by atoms with E-state index in [-0.39, 0.29) is 43.5 Å². The Morgan fingerprint density at radius 1 is 0.786 bits per heavy atom. The van der Waals surface area contributed by atoms with E-state index >= 15 is 0 Å². The first-order valence-electron chi connectivity index (χ1n) is 11.9. The lowest BCUT2D eigenvalue weighted by atomic mass is 9.84. The van der Waals surface area contributed by atoms with E-state index < -0.39 is 55.5 Å². The van der Waals surface area contributed by atoms with Gasteiger partial charge in [0.05, 0.1) is 31.9 Å². The molecular formula is C26H14Cl10N2O4. The van der Waals surface area contributed by atoms with Crippen LogP contribution in [0.5, 0.6) is 0 Å². The average Bonchev–Trinajstić information content (AvgIpc) is 3.33. The van der Waals surface area contributed by atoms with Gasteiger partial charge in [-0.3, -0.25) is 19.2 Å². The summed E-state index contributed by atoms with van der Waals surface area (Å²) in [5.41, 5.74) is 0.0182. The first-order chi connectivity index (χ1) is 19.6. The van der Waals surface area contributed by atoms with Gasteiger partial charge in [-0.25, -0.2) is 5.01 Å². The summed E-state index contributed by atoms with van der Waals surface area (Å²) in [7, 11) is 0. The van der Waals surface area contributed by atoms with E-state index in [4.69, 9.17) is 116 Å². The normalized spacial score (nSPS) is 28.4. The number of imide groups is 1. The van der Waals surface area contributed by atoms with Gasteiger partial charge in [0, 0.05) is 22.0 Å². The number of allylic oxidation sites excluding steroid dienone is 2. The van der Waals surface area contributed by atoms with E-state index in [2.05, 4.69) is 0 Å². The maximum Gasteiger partial charge on any atom is 0.273 e. The third-order valence-electron chi connectivity index (χ3n) is 7.58. The fraction of sp³-hybridized carbons (Fsp3) is 0.308. The molecule has 42 heavy (non-hydrogen) atoms. The van der Waals surface area contributed by atoms with E-state index in [9.17, 15) is 19.2 Å². The highest BCUT2D eigenvalue weighted by Crippen LogP contribution is 2.77. The van der Waals surface area contributed by atoms with Gasteiger partial charge in [-0.1, -0.05) is 81.2 Å². The third-order valence-corrected chi connectivity index (χ3v) is 13.1. The summed E-state index contributed by atoms with van der Waals surface area (Å²) in [6.45, 7) is 0. The fourth-order valence-corrected chi connectivity index (χ4v) is 9.16. The minimum absolute atomic E-state index is 0.00521. The van der Waals surface area contributed by atoms with Crippen LogP contribution in [0.3, 0.4) is 0 Å². The molecule has 0 unspecified atom stereocenters. The number of rotatable bonds is 7. The highest BCUT2D eigenvalue weighted by Gasteiger charge is 2.88. The zero-order valence-electron chi connectivity index (χ0n) is 20.5. The quantitative estimate of drug-likeness (QED) is 0.161. The molecule has 222 valence electrons. The van der Waals surface area contributed by atoms with E-state index in [1.807, 2.05) is 0 Å². The molecular weight excluding hydrogens is 759 g/mol. The van der Waals surface area contributed by atoms with Crippen LogP contribution in [0.15, 0.2) is 52.5 Å². The minimum atomic E-state index is -2.20. The van der Waals surface area contributed by atoms with Crippen molar-refractivity contribution in [2.75, 3.05) is 5.88 Å². The van der Waals surface area contributed by atoms with E-state index in [1.165, 1.54) is 42.5 Å². The molecule has 2 aromatic carbocycles. The van der Waals surface area contributed by atoms with Crippen LogP contribution in [0.1, 0.15) is 27.1 Å². The van der Waals surface area contributed by atoms with Gasteiger partial charge in [0.25, 0.3) is 17.7 Å². The Labute approximate surface area is 289 Å². The molecule has 2 aromatic rings. The molecule has 1 aliphatic heterocycles. The predicted octanol–water partition coefficient (Wildman–Crippen LogP) is 8.33. The number of Topliss-reactive ketones (excluding diaryl/α,β-unsaturated/α-hetero) is 1. The van der Waals surface area contributed by atoms with Gasteiger partial charge in [-0.15, -0.1) is 34.8 Å². The van der Waals surface area contributed by atoms with Crippen LogP contribution in [0.2, 0.25) is 15.1 Å². The Kier molecular flexibility index (Phi) is 8.82. The highest BCUT2D eigenvalue weighted by molar-refractivity contribution is 6.67. The molecule has 5 rings (SSSR count). The maximum absolute atomic E-state index is 14.2. The van der Waals surface area contributed by atoms with Gasteiger partial charge in [0.15, 0.2) is 10.1 Å². The molecule has 1 heterocycles. The molecule has 3 aliphatic rings. The molecule has 2 aliphatic carbocycles. The van der Waals surface area contributed by atoms with Crippen LogP contribution in [-0.2, 0) is 9.59 Å². The number of amides is 3. The van der Waals surface area contributed by atoms with Gasteiger partial charge in [-0.05, 0) is 48.9 Å². The van der Waals surface area contributed by atoms with Crippen LogP contribution < -0.4 is 0 Å². The lowest BCUT2D eigenvalue weighted by Crippen LogP contribution is -2.60. The van der Waals surface area contributed by atoms with Gasteiger partial charge < -0.3 is 0 Å². The SMILES string of the molecule is O=C(c1ccc(Cl)cc1)[C@H](CCCl)N(C(=O)c1ccc(Cl)c(Cl)c1)N1C(=O)[C@@H]2[C@@H](C1=O)[C@@]1(Cl)C(Cl)=C(Cl)[C@@]2(Cl)C1(Cl)Cl. The molecule has 2 fully saturated rings.